The molecule has 0 unspecified atom stereocenters. The van der Waals surface area contributed by atoms with Gasteiger partial charge in [-0.3, -0.25) is 0 Å². The molecular formula is C27H30Cl2F2N4O9. The standard InChI is InChI=1S/C11H14F2N2O3.C9H10ClNO3.C7H6ClNO3/c1-3-6(2)14-8-4-7(10(16)17)5-9(15-8)18-11(12)13;1-3-14-9(12)6-4-7(10)11-8(5-6)13-2;1-12-6-3-4(7(10)11)2-5(8)9-6/h4-6,11H,3H2,1-2H3,(H,14,15)(H,16,17);4-5H,3H2,1-2H3;2-3H,1H3,(H,10,11)/t6-;;/m0../s1. The zero-order valence-electron chi connectivity index (χ0n) is 24.1. The molecule has 3 N–H and O–H groups in total. The van der Waals surface area contributed by atoms with Gasteiger partial charge in [0.25, 0.3) is 0 Å². The minimum Gasteiger partial charge on any atom is -0.481 e. The van der Waals surface area contributed by atoms with Crippen LogP contribution in [0.4, 0.5) is 14.6 Å². The Morgan fingerprint density at radius 3 is 1.75 bits per heavy atom. The number of rotatable bonds is 11. The third-order valence-electron chi connectivity index (χ3n) is 4.98. The summed E-state index contributed by atoms with van der Waals surface area (Å²) in [5, 5.41) is 20.7. The van der Waals surface area contributed by atoms with Crippen LogP contribution in [-0.2, 0) is 4.74 Å². The lowest BCUT2D eigenvalue weighted by Gasteiger charge is -2.13. The Morgan fingerprint density at radius 2 is 1.30 bits per heavy atom. The van der Waals surface area contributed by atoms with Gasteiger partial charge < -0.3 is 34.5 Å². The van der Waals surface area contributed by atoms with Crippen LogP contribution in [0, 0.1) is 0 Å². The topological polar surface area (TPSA) is 179 Å². The quantitative estimate of drug-likeness (QED) is 0.162. The van der Waals surface area contributed by atoms with Crippen molar-refractivity contribution in [3.05, 3.63) is 63.4 Å². The van der Waals surface area contributed by atoms with Crippen LogP contribution in [-0.4, -0.2) is 76.6 Å². The number of ether oxygens (including phenoxy) is 4. The first-order valence-electron chi connectivity index (χ1n) is 12.5. The molecule has 44 heavy (non-hydrogen) atoms. The molecule has 0 fully saturated rings. The maximum atomic E-state index is 12.1. The molecule has 0 aromatic carbocycles. The highest BCUT2D eigenvalue weighted by atomic mass is 35.5. The maximum Gasteiger partial charge on any atom is 0.388 e. The first-order chi connectivity index (χ1) is 20.7. The van der Waals surface area contributed by atoms with Crippen LogP contribution in [0.25, 0.3) is 0 Å². The monoisotopic (exact) mass is 662 g/mol. The van der Waals surface area contributed by atoms with Crippen LogP contribution >= 0.6 is 23.2 Å². The predicted octanol–water partition coefficient (Wildman–Crippen LogP) is 5.95. The molecule has 0 bridgehead atoms. The van der Waals surface area contributed by atoms with Crippen molar-refractivity contribution in [1.29, 1.82) is 0 Å². The average molecular weight is 663 g/mol. The van der Waals surface area contributed by atoms with Gasteiger partial charge in [-0.05, 0) is 38.5 Å². The Morgan fingerprint density at radius 1 is 0.818 bits per heavy atom. The number of carboxylic acids is 2. The van der Waals surface area contributed by atoms with E-state index in [1.165, 1.54) is 44.6 Å². The fraction of sp³-hybridized carbons (Fsp3) is 0.333. The predicted molar refractivity (Wildman–Crippen MR) is 156 cm³/mol. The van der Waals surface area contributed by atoms with Gasteiger partial charge in [0, 0.05) is 24.2 Å². The highest BCUT2D eigenvalue weighted by Gasteiger charge is 2.14. The normalized spacial score (nSPS) is 10.7. The summed E-state index contributed by atoms with van der Waals surface area (Å²) in [6.45, 7) is 2.80. The van der Waals surface area contributed by atoms with Crippen LogP contribution in [0.2, 0.25) is 10.3 Å². The van der Waals surface area contributed by atoms with Gasteiger partial charge in [-0.2, -0.15) is 13.8 Å². The van der Waals surface area contributed by atoms with E-state index in [1.54, 1.807) is 6.92 Å². The average Bonchev–Trinajstić information content (AvgIpc) is 2.96. The van der Waals surface area contributed by atoms with Crippen LogP contribution in [0.1, 0.15) is 58.3 Å². The third-order valence-corrected chi connectivity index (χ3v) is 5.37. The molecule has 3 heterocycles. The lowest BCUT2D eigenvalue weighted by Crippen LogP contribution is -2.16. The van der Waals surface area contributed by atoms with E-state index < -0.39 is 30.4 Å². The maximum absolute atomic E-state index is 12.1. The number of hydrogen-bond donors (Lipinski definition) is 3. The molecule has 0 aliphatic carbocycles. The van der Waals surface area contributed by atoms with E-state index in [9.17, 15) is 23.2 Å². The van der Waals surface area contributed by atoms with Crippen molar-refractivity contribution in [1.82, 2.24) is 15.0 Å². The van der Waals surface area contributed by atoms with E-state index >= 15 is 0 Å². The number of carbonyl (C=O) groups is 3. The van der Waals surface area contributed by atoms with Gasteiger partial charge in [-0.1, -0.05) is 30.1 Å². The summed E-state index contributed by atoms with van der Waals surface area (Å²) in [6.07, 6.45) is 0.782. The second kappa shape index (κ2) is 18.9. The first kappa shape index (κ1) is 37.5. The van der Waals surface area contributed by atoms with Gasteiger partial charge in [-0.15, -0.1) is 0 Å². The minimum absolute atomic E-state index is 0.0425. The third kappa shape index (κ3) is 13.6. The van der Waals surface area contributed by atoms with Crippen molar-refractivity contribution in [2.24, 2.45) is 0 Å². The number of alkyl halides is 2. The summed E-state index contributed by atoms with van der Waals surface area (Å²) in [5.41, 5.74) is 0.238. The lowest BCUT2D eigenvalue weighted by atomic mass is 10.2. The molecule has 0 saturated heterocycles. The summed E-state index contributed by atoms with van der Waals surface area (Å²) in [6, 6.07) is 7.73. The molecule has 0 aliphatic rings. The smallest absolute Gasteiger partial charge is 0.388 e. The van der Waals surface area contributed by atoms with Crippen molar-refractivity contribution < 1.29 is 52.3 Å². The van der Waals surface area contributed by atoms with Crippen molar-refractivity contribution in [2.45, 2.75) is 39.8 Å². The molecular weight excluding hydrogens is 633 g/mol. The Labute approximate surface area is 261 Å². The van der Waals surface area contributed by atoms with Gasteiger partial charge in [0.05, 0.1) is 37.5 Å². The van der Waals surface area contributed by atoms with Gasteiger partial charge in [0.15, 0.2) is 0 Å². The largest absolute Gasteiger partial charge is 0.481 e. The summed E-state index contributed by atoms with van der Waals surface area (Å²) in [7, 11) is 2.85. The zero-order chi connectivity index (χ0) is 33.4. The van der Waals surface area contributed by atoms with Gasteiger partial charge in [0.1, 0.15) is 16.1 Å². The number of methoxy groups -OCH3 is 2. The Bertz CT molecular complexity index is 1420. The van der Waals surface area contributed by atoms with Crippen LogP contribution < -0.4 is 19.5 Å². The molecule has 0 amide bonds. The van der Waals surface area contributed by atoms with E-state index in [0.29, 0.717) is 18.1 Å². The molecule has 13 nitrogen and oxygen atoms in total. The summed E-state index contributed by atoms with van der Waals surface area (Å²) < 4.78 is 42.7. The fourth-order valence-electron chi connectivity index (χ4n) is 2.82. The molecule has 3 aromatic heterocycles. The Balaban J connectivity index is 0.000000337. The molecule has 0 spiro atoms. The number of aromatic carboxylic acids is 2. The number of pyridine rings is 3. The Kier molecular flexibility index (Phi) is 16.1. The minimum atomic E-state index is -3.04. The molecule has 3 rings (SSSR count). The highest BCUT2D eigenvalue weighted by molar-refractivity contribution is 6.30. The van der Waals surface area contributed by atoms with E-state index in [1.807, 2.05) is 13.8 Å². The van der Waals surface area contributed by atoms with Gasteiger partial charge >= 0.3 is 24.5 Å². The number of nitrogens with zero attached hydrogens (tertiary/aromatic N) is 3. The van der Waals surface area contributed by atoms with E-state index in [2.05, 4.69) is 25.0 Å². The van der Waals surface area contributed by atoms with Crippen molar-refractivity contribution >= 4 is 46.9 Å². The second-order valence-corrected chi connectivity index (χ2v) is 8.96. The van der Waals surface area contributed by atoms with E-state index in [-0.39, 0.29) is 39.2 Å². The number of esters is 1. The number of anilines is 1. The van der Waals surface area contributed by atoms with E-state index in [4.69, 9.17) is 47.6 Å². The molecule has 0 saturated carbocycles. The number of hydrogen-bond acceptors (Lipinski definition) is 11. The second-order valence-electron chi connectivity index (χ2n) is 8.18. The van der Waals surface area contributed by atoms with Gasteiger partial charge in [0.2, 0.25) is 17.6 Å². The molecule has 17 heteroatoms. The van der Waals surface area contributed by atoms with Crippen LogP contribution in [0.15, 0.2) is 36.4 Å². The summed E-state index contributed by atoms with van der Waals surface area (Å²) in [5.74, 6) is -2.47. The summed E-state index contributed by atoms with van der Waals surface area (Å²) >= 11 is 11.2. The van der Waals surface area contributed by atoms with E-state index in [0.717, 1.165) is 12.5 Å². The lowest BCUT2D eigenvalue weighted by molar-refractivity contribution is -0.0528. The number of halogens is 4. The van der Waals surface area contributed by atoms with Crippen LogP contribution in [0.3, 0.4) is 0 Å². The SMILES string of the molecule is CCOC(=O)c1cc(Cl)nc(OC)c1.CC[C@H](C)Nc1cc(C(=O)O)cc(OC(F)F)n1.COc1cc(C(=O)O)cc(Cl)n1. The fourth-order valence-corrected chi connectivity index (χ4v) is 3.22. The summed E-state index contributed by atoms with van der Waals surface area (Å²) in [4.78, 5) is 43.9. The first-order valence-corrected chi connectivity index (χ1v) is 13.3. The highest BCUT2D eigenvalue weighted by Crippen LogP contribution is 2.20. The van der Waals surface area contributed by atoms with Crippen LogP contribution in [0.5, 0.6) is 17.6 Å². The molecule has 1 atom stereocenters. The number of nitrogens with one attached hydrogen (secondary N) is 1. The molecule has 0 aliphatic heterocycles. The van der Waals surface area contributed by atoms with Crippen molar-refractivity contribution in [3.63, 3.8) is 0 Å². The molecule has 240 valence electrons. The van der Waals surface area contributed by atoms with Crippen molar-refractivity contribution in [2.75, 3.05) is 26.1 Å². The number of carboxylic acid groups (broad SMARTS) is 2. The zero-order valence-corrected chi connectivity index (χ0v) is 25.7. The number of carbonyl (C=O) groups excluding carboxylic acids is 1. The van der Waals surface area contributed by atoms with Crippen molar-refractivity contribution in [3.8, 4) is 17.6 Å². The van der Waals surface area contributed by atoms with Gasteiger partial charge in [-0.25, -0.2) is 24.4 Å². The molecule has 0 radical (unpaired) electrons. The number of aromatic nitrogens is 3. The molecule has 3 aromatic rings. The Hall–Kier alpha value is -4.50.